The average molecular weight is 438 g/mol. The van der Waals surface area contributed by atoms with E-state index in [0.717, 1.165) is 11.0 Å². The standard InChI is InChI=1S/C21H24ClNO5S/c1-14(2)11-19(21(25)28-3)23-20(24)17-10-9-15(13-29(22,26)27)12-18(17)16-7-5-4-6-8-16/h4-8,10,12-14,19H,9,11H2,1-3H3,(H,23,24)/t19-/m0/s1. The van der Waals surface area contributed by atoms with Gasteiger partial charge < -0.3 is 10.1 Å². The molecule has 0 fully saturated rings. The zero-order chi connectivity index (χ0) is 21.6. The van der Waals surface area contributed by atoms with Crippen molar-refractivity contribution in [2.45, 2.75) is 32.7 Å². The van der Waals surface area contributed by atoms with Crippen molar-refractivity contribution in [3.05, 3.63) is 64.6 Å². The number of ether oxygens (including phenoxy) is 1. The fourth-order valence-electron chi connectivity index (χ4n) is 3.05. The van der Waals surface area contributed by atoms with Crippen LogP contribution in [-0.2, 0) is 23.4 Å². The van der Waals surface area contributed by atoms with Crippen LogP contribution in [0, 0.1) is 5.92 Å². The van der Waals surface area contributed by atoms with Crippen LogP contribution in [0.1, 0.15) is 32.3 Å². The summed E-state index contributed by atoms with van der Waals surface area (Å²) in [5.41, 5.74) is 2.11. The van der Waals surface area contributed by atoms with Gasteiger partial charge in [-0.05, 0) is 41.5 Å². The smallest absolute Gasteiger partial charge is 0.328 e. The van der Waals surface area contributed by atoms with Crippen molar-refractivity contribution in [3.63, 3.8) is 0 Å². The van der Waals surface area contributed by atoms with Crippen LogP contribution >= 0.6 is 10.7 Å². The Kier molecular flexibility index (Phi) is 7.81. The van der Waals surface area contributed by atoms with E-state index in [0.29, 0.717) is 23.1 Å². The Bertz CT molecular complexity index is 962. The first-order valence-corrected chi connectivity index (χ1v) is 11.5. The molecule has 1 atom stereocenters. The Labute approximate surface area is 175 Å². The van der Waals surface area contributed by atoms with Crippen LogP contribution in [-0.4, -0.2) is 33.4 Å². The zero-order valence-corrected chi connectivity index (χ0v) is 18.1. The van der Waals surface area contributed by atoms with Gasteiger partial charge >= 0.3 is 5.97 Å². The van der Waals surface area contributed by atoms with Gasteiger partial charge in [0.1, 0.15) is 6.04 Å². The number of amides is 1. The van der Waals surface area contributed by atoms with Crippen LogP contribution in [0.4, 0.5) is 0 Å². The lowest BCUT2D eigenvalue weighted by atomic mass is 9.89. The van der Waals surface area contributed by atoms with E-state index in [-0.39, 0.29) is 12.3 Å². The van der Waals surface area contributed by atoms with Gasteiger partial charge in [0.15, 0.2) is 0 Å². The van der Waals surface area contributed by atoms with Gasteiger partial charge in [-0.25, -0.2) is 13.2 Å². The molecule has 1 amide bonds. The maximum Gasteiger partial charge on any atom is 0.328 e. The minimum atomic E-state index is -3.84. The first kappa shape index (κ1) is 22.9. The van der Waals surface area contributed by atoms with E-state index in [1.54, 1.807) is 12.2 Å². The third kappa shape index (κ3) is 6.87. The number of hydrogen-bond acceptors (Lipinski definition) is 5. The lowest BCUT2D eigenvalue weighted by Crippen LogP contribution is -2.43. The first-order chi connectivity index (χ1) is 13.6. The summed E-state index contributed by atoms with van der Waals surface area (Å²) >= 11 is 0. The second-order valence-electron chi connectivity index (χ2n) is 7.09. The number of carbonyl (C=O) groups excluding carboxylic acids is 2. The number of halogens is 1. The molecule has 0 radical (unpaired) electrons. The largest absolute Gasteiger partial charge is 0.467 e. The Hall–Kier alpha value is -2.38. The topological polar surface area (TPSA) is 89.5 Å². The summed E-state index contributed by atoms with van der Waals surface area (Å²) in [6, 6.07) is 8.33. The molecule has 0 aromatic heterocycles. The molecule has 0 spiro atoms. The van der Waals surface area contributed by atoms with E-state index < -0.39 is 27.0 Å². The SMILES string of the molecule is COC(=O)[C@H](CC(C)C)NC(=O)C1=CCC(=CS(=O)(=O)Cl)C=C1c1ccccc1. The molecule has 0 saturated carbocycles. The number of nitrogens with one attached hydrogen (secondary N) is 1. The number of esters is 1. The Balaban J connectivity index is 2.39. The molecular weight excluding hydrogens is 414 g/mol. The predicted molar refractivity (Wildman–Crippen MR) is 113 cm³/mol. The highest BCUT2D eigenvalue weighted by Gasteiger charge is 2.27. The van der Waals surface area contributed by atoms with Crippen molar-refractivity contribution in [1.82, 2.24) is 5.32 Å². The monoisotopic (exact) mass is 437 g/mol. The van der Waals surface area contributed by atoms with Gasteiger partial charge in [0.05, 0.1) is 7.11 Å². The molecule has 0 bridgehead atoms. The van der Waals surface area contributed by atoms with Gasteiger partial charge in [0, 0.05) is 21.7 Å². The first-order valence-electron chi connectivity index (χ1n) is 9.12. The van der Waals surface area contributed by atoms with Crippen molar-refractivity contribution < 1.29 is 22.7 Å². The van der Waals surface area contributed by atoms with Crippen molar-refractivity contribution >= 4 is 37.2 Å². The van der Waals surface area contributed by atoms with Crippen LogP contribution in [0.25, 0.3) is 5.57 Å². The highest BCUT2D eigenvalue weighted by Crippen LogP contribution is 2.31. The molecule has 0 aliphatic heterocycles. The summed E-state index contributed by atoms with van der Waals surface area (Å²) in [4.78, 5) is 25.1. The summed E-state index contributed by atoms with van der Waals surface area (Å²) in [5, 5.41) is 3.72. The fourth-order valence-corrected chi connectivity index (χ4v) is 3.92. The highest BCUT2D eigenvalue weighted by atomic mass is 35.7. The van der Waals surface area contributed by atoms with Crippen LogP contribution < -0.4 is 5.32 Å². The van der Waals surface area contributed by atoms with Gasteiger partial charge in [0.2, 0.25) is 0 Å². The number of hydrogen-bond donors (Lipinski definition) is 1. The molecule has 1 aliphatic carbocycles. The minimum Gasteiger partial charge on any atom is -0.467 e. The normalized spacial score (nSPS) is 16.8. The second-order valence-corrected chi connectivity index (χ2v) is 9.57. The van der Waals surface area contributed by atoms with Crippen molar-refractivity contribution in [2.75, 3.05) is 7.11 Å². The molecule has 29 heavy (non-hydrogen) atoms. The molecular formula is C21H24ClNO5S. The molecule has 156 valence electrons. The molecule has 0 saturated heterocycles. The fraction of sp³-hybridized carbons (Fsp3) is 0.333. The van der Waals surface area contributed by atoms with Crippen LogP contribution in [0.3, 0.4) is 0 Å². The Morgan fingerprint density at radius 3 is 2.45 bits per heavy atom. The number of rotatable bonds is 7. The number of carbonyl (C=O) groups is 2. The second kappa shape index (κ2) is 9.89. The van der Waals surface area contributed by atoms with Gasteiger partial charge in [-0.15, -0.1) is 0 Å². The molecule has 8 heteroatoms. The lowest BCUT2D eigenvalue weighted by Gasteiger charge is -2.22. The maximum atomic E-state index is 13.0. The minimum absolute atomic E-state index is 0.173. The quantitative estimate of drug-likeness (QED) is 0.520. The Morgan fingerprint density at radius 1 is 1.24 bits per heavy atom. The molecule has 1 N–H and O–H groups in total. The summed E-state index contributed by atoms with van der Waals surface area (Å²) in [7, 11) is 2.78. The number of methoxy groups -OCH3 is 1. The van der Waals surface area contributed by atoms with Crippen molar-refractivity contribution in [3.8, 4) is 0 Å². The van der Waals surface area contributed by atoms with Crippen LogP contribution in [0.5, 0.6) is 0 Å². The van der Waals surface area contributed by atoms with E-state index in [4.69, 9.17) is 15.4 Å². The summed E-state index contributed by atoms with van der Waals surface area (Å²) in [6.07, 6.45) is 3.92. The summed E-state index contributed by atoms with van der Waals surface area (Å²) < 4.78 is 27.7. The van der Waals surface area contributed by atoms with E-state index >= 15 is 0 Å². The number of allylic oxidation sites excluding steroid dienone is 3. The lowest BCUT2D eigenvalue weighted by molar-refractivity contribution is -0.145. The van der Waals surface area contributed by atoms with Crippen molar-refractivity contribution in [2.24, 2.45) is 5.92 Å². The van der Waals surface area contributed by atoms with Gasteiger partial charge in [-0.3, -0.25) is 4.79 Å². The van der Waals surface area contributed by atoms with E-state index in [2.05, 4.69) is 5.32 Å². The average Bonchev–Trinajstić information content (AvgIpc) is 2.65. The molecule has 1 aromatic rings. The number of benzene rings is 1. The van der Waals surface area contributed by atoms with Gasteiger partial charge in [0.25, 0.3) is 15.0 Å². The molecule has 0 heterocycles. The molecule has 0 unspecified atom stereocenters. The molecule has 6 nitrogen and oxygen atoms in total. The van der Waals surface area contributed by atoms with E-state index in [1.165, 1.54) is 7.11 Å². The maximum absolute atomic E-state index is 13.0. The third-order valence-corrected chi connectivity index (χ3v) is 5.13. The van der Waals surface area contributed by atoms with Gasteiger partial charge in [-0.2, -0.15) is 0 Å². The van der Waals surface area contributed by atoms with E-state index in [1.807, 2.05) is 44.2 Å². The summed E-state index contributed by atoms with van der Waals surface area (Å²) in [5.74, 6) is -0.765. The highest BCUT2D eigenvalue weighted by molar-refractivity contribution is 8.16. The predicted octanol–water partition coefficient (Wildman–Crippen LogP) is 3.56. The molecule has 1 aliphatic rings. The van der Waals surface area contributed by atoms with Crippen molar-refractivity contribution in [1.29, 1.82) is 0 Å². The van der Waals surface area contributed by atoms with Crippen LogP contribution in [0.15, 0.2) is 59.0 Å². The molecule has 2 rings (SSSR count). The van der Waals surface area contributed by atoms with Gasteiger partial charge in [-0.1, -0.05) is 50.3 Å². The third-order valence-electron chi connectivity index (χ3n) is 4.28. The molecule has 1 aromatic carbocycles. The van der Waals surface area contributed by atoms with Crippen LogP contribution in [0.2, 0.25) is 0 Å². The van der Waals surface area contributed by atoms with E-state index in [9.17, 15) is 18.0 Å². The zero-order valence-electron chi connectivity index (χ0n) is 16.5. The summed E-state index contributed by atoms with van der Waals surface area (Å²) in [6.45, 7) is 3.89. The Morgan fingerprint density at radius 2 is 1.90 bits per heavy atom.